The van der Waals surface area contributed by atoms with Gasteiger partial charge in [-0.25, -0.2) is 0 Å². The van der Waals surface area contributed by atoms with Crippen LogP contribution in [0.1, 0.15) is 44.6 Å². The van der Waals surface area contributed by atoms with Gasteiger partial charge in [0.15, 0.2) is 0 Å². The lowest BCUT2D eigenvalue weighted by Gasteiger charge is -2.26. The van der Waals surface area contributed by atoms with E-state index >= 15 is 0 Å². The zero-order valence-electron chi connectivity index (χ0n) is 12.4. The highest BCUT2D eigenvalue weighted by Gasteiger charge is 2.19. The number of rotatable bonds is 6. The van der Waals surface area contributed by atoms with E-state index in [1.54, 1.807) is 0 Å². The molecule has 1 aliphatic carbocycles. The summed E-state index contributed by atoms with van der Waals surface area (Å²) in [7, 11) is 0. The van der Waals surface area contributed by atoms with E-state index in [1.807, 2.05) is 25.1 Å². The highest BCUT2D eigenvalue weighted by Crippen LogP contribution is 2.17. The molecule has 0 aromatic heterocycles. The van der Waals surface area contributed by atoms with Crippen LogP contribution in [0.4, 0.5) is 0 Å². The van der Waals surface area contributed by atoms with Crippen LogP contribution in [0.5, 0.6) is 0 Å². The Kier molecular flexibility index (Phi) is 6.06. The molecule has 110 valence electrons. The molecular weight excluding hydrogens is 248 g/mol. The van der Waals surface area contributed by atoms with Gasteiger partial charge in [-0.3, -0.25) is 4.79 Å². The number of carbonyl (C=O) groups is 1. The van der Waals surface area contributed by atoms with Gasteiger partial charge in [0.2, 0.25) is 5.91 Å². The van der Waals surface area contributed by atoms with Crippen LogP contribution in [0.15, 0.2) is 30.3 Å². The smallest absolute Gasteiger partial charge is 0.236 e. The predicted octanol–water partition coefficient (Wildman–Crippen LogP) is 2.66. The van der Waals surface area contributed by atoms with Crippen LogP contribution in [-0.2, 0) is 11.2 Å². The summed E-state index contributed by atoms with van der Waals surface area (Å²) in [5.74, 6) is 0.117. The Labute approximate surface area is 122 Å². The molecule has 0 aliphatic heterocycles. The third-order valence-corrected chi connectivity index (χ3v) is 4.04. The minimum atomic E-state index is -0.0890. The first-order valence-electron chi connectivity index (χ1n) is 7.83. The summed E-state index contributed by atoms with van der Waals surface area (Å²) in [6, 6.07) is 10.7. The second-order valence-electron chi connectivity index (χ2n) is 5.75. The van der Waals surface area contributed by atoms with E-state index in [-0.39, 0.29) is 11.9 Å². The molecule has 1 unspecified atom stereocenters. The molecule has 0 heterocycles. The summed E-state index contributed by atoms with van der Waals surface area (Å²) >= 11 is 0. The van der Waals surface area contributed by atoms with Crippen molar-refractivity contribution in [3.63, 3.8) is 0 Å². The fourth-order valence-electron chi connectivity index (χ4n) is 2.83. The fourth-order valence-corrected chi connectivity index (χ4v) is 2.83. The Morgan fingerprint density at radius 3 is 2.60 bits per heavy atom. The van der Waals surface area contributed by atoms with Crippen molar-refractivity contribution in [2.45, 2.75) is 57.5 Å². The number of hydrogen-bond donors (Lipinski definition) is 2. The lowest BCUT2D eigenvalue weighted by Crippen LogP contribution is -2.47. The Morgan fingerprint density at radius 2 is 1.90 bits per heavy atom. The maximum atomic E-state index is 12.0. The molecule has 3 nitrogen and oxygen atoms in total. The third kappa shape index (κ3) is 4.97. The van der Waals surface area contributed by atoms with Crippen molar-refractivity contribution in [1.29, 1.82) is 0 Å². The van der Waals surface area contributed by atoms with Gasteiger partial charge in [0.25, 0.3) is 0 Å². The molecule has 2 N–H and O–H groups in total. The lowest BCUT2D eigenvalue weighted by molar-refractivity contribution is -0.122. The molecule has 1 fully saturated rings. The van der Waals surface area contributed by atoms with Gasteiger partial charge in [-0.15, -0.1) is 0 Å². The first kappa shape index (κ1) is 15.0. The predicted molar refractivity (Wildman–Crippen MR) is 82.6 cm³/mol. The van der Waals surface area contributed by atoms with Crippen molar-refractivity contribution in [2.75, 3.05) is 6.54 Å². The van der Waals surface area contributed by atoms with Crippen molar-refractivity contribution in [1.82, 2.24) is 10.6 Å². The number of hydrogen-bond acceptors (Lipinski definition) is 2. The van der Waals surface area contributed by atoms with Gasteiger partial charge in [0.05, 0.1) is 6.04 Å². The molecule has 2 rings (SSSR count). The summed E-state index contributed by atoms with van der Waals surface area (Å²) in [6.07, 6.45) is 7.24. The van der Waals surface area contributed by atoms with Crippen molar-refractivity contribution < 1.29 is 4.79 Å². The van der Waals surface area contributed by atoms with Gasteiger partial charge < -0.3 is 10.6 Å². The van der Waals surface area contributed by atoms with E-state index in [2.05, 4.69) is 22.8 Å². The van der Waals surface area contributed by atoms with Crippen LogP contribution in [0.3, 0.4) is 0 Å². The Bertz CT molecular complexity index is 399. The second kappa shape index (κ2) is 8.05. The van der Waals surface area contributed by atoms with Crippen molar-refractivity contribution >= 4 is 5.91 Å². The van der Waals surface area contributed by atoms with Gasteiger partial charge in [-0.2, -0.15) is 0 Å². The highest BCUT2D eigenvalue weighted by molar-refractivity contribution is 5.81. The monoisotopic (exact) mass is 274 g/mol. The number of benzene rings is 1. The van der Waals surface area contributed by atoms with Crippen LogP contribution in [0, 0.1) is 0 Å². The standard InChI is InChI=1S/C17H26N2O/c1-14(19-16-10-6-3-7-11-16)17(20)18-13-12-15-8-4-2-5-9-15/h2,4-5,8-9,14,16,19H,3,6-7,10-13H2,1H3,(H,18,20). The van der Waals surface area contributed by atoms with Gasteiger partial charge in [-0.1, -0.05) is 49.6 Å². The molecule has 0 saturated heterocycles. The summed E-state index contributed by atoms with van der Waals surface area (Å²) in [5, 5.41) is 6.47. The first-order chi connectivity index (χ1) is 9.75. The number of carbonyl (C=O) groups excluding carboxylic acids is 1. The van der Waals surface area contributed by atoms with Crippen LogP contribution in [0.25, 0.3) is 0 Å². The minimum Gasteiger partial charge on any atom is -0.354 e. The molecule has 0 bridgehead atoms. The second-order valence-corrected chi connectivity index (χ2v) is 5.75. The first-order valence-corrected chi connectivity index (χ1v) is 7.83. The van der Waals surface area contributed by atoms with Crippen LogP contribution >= 0.6 is 0 Å². The van der Waals surface area contributed by atoms with Crippen LogP contribution in [0.2, 0.25) is 0 Å². The zero-order chi connectivity index (χ0) is 14.2. The van der Waals surface area contributed by atoms with Crippen molar-refractivity contribution in [2.24, 2.45) is 0 Å². The van der Waals surface area contributed by atoms with Gasteiger partial charge >= 0.3 is 0 Å². The van der Waals surface area contributed by atoms with Gasteiger partial charge in [0, 0.05) is 12.6 Å². The molecule has 1 aliphatic rings. The Morgan fingerprint density at radius 1 is 1.20 bits per heavy atom. The molecule has 1 aromatic rings. The summed E-state index contributed by atoms with van der Waals surface area (Å²) in [4.78, 5) is 12.0. The van der Waals surface area contributed by atoms with E-state index in [4.69, 9.17) is 0 Å². The quantitative estimate of drug-likeness (QED) is 0.837. The molecule has 20 heavy (non-hydrogen) atoms. The lowest BCUT2D eigenvalue weighted by atomic mass is 9.95. The third-order valence-electron chi connectivity index (χ3n) is 4.04. The highest BCUT2D eigenvalue weighted by atomic mass is 16.2. The molecule has 3 heteroatoms. The normalized spacial score (nSPS) is 17.6. The summed E-state index contributed by atoms with van der Waals surface area (Å²) in [5.41, 5.74) is 1.26. The average Bonchev–Trinajstić information content (AvgIpc) is 2.49. The Balaban J connectivity index is 1.65. The molecule has 1 atom stereocenters. The van der Waals surface area contributed by atoms with E-state index in [0.29, 0.717) is 12.6 Å². The SMILES string of the molecule is CC(NC1CCCCC1)C(=O)NCCc1ccccc1. The van der Waals surface area contributed by atoms with Gasteiger partial charge in [-0.05, 0) is 31.7 Å². The van der Waals surface area contributed by atoms with E-state index in [0.717, 1.165) is 6.42 Å². The zero-order valence-corrected chi connectivity index (χ0v) is 12.4. The maximum absolute atomic E-state index is 12.0. The molecule has 1 amide bonds. The van der Waals surface area contributed by atoms with Crippen LogP contribution < -0.4 is 10.6 Å². The Hall–Kier alpha value is -1.35. The fraction of sp³-hybridized carbons (Fsp3) is 0.588. The van der Waals surface area contributed by atoms with Crippen molar-refractivity contribution in [3.8, 4) is 0 Å². The van der Waals surface area contributed by atoms with E-state index < -0.39 is 0 Å². The topological polar surface area (TPSA) is 41.1 Å². The summed E-state index contributed by atoms with van der Waals surface area (Å²) < 4.78 is 0. The molecule has 1 aromatic carbocycles. The average molecular weight is 274 g/mol. The number of amides is 1. The van der Waals surface area contributed by atoms with Gasteiger partial charge in [0.1, 0.15) is 0 Å². The molecule has 0 radical (unpaired) electrons. The maximum Gasteiger partial charge on any atom is 0.236 e. The van der Waals surface area contributed by atoms with E-state index in [1.165, 1.54) is 37.7 Å². The van der Waals surface area contributed by atoms with E-state index in [9.17, 15) is 4.79 Å². The molecule has 0 spiro atoms. The summed E-state index contributed by atoms with van der Waals surface area (Å²) in [6.45, 7) is 2.67. The molecule has 1 saturated carbocycles. The minimum absolute atomic E-state index is 0.0890. The molecular formula is C17H26N2O. The van der Waals surface area contributed by atoms with Crippen molar-refractivity contribution in [3.05, 3.63) is 35.9 Å². The van der Waals surface area contributed by atoms with Crippen LogP contribution in [-0.4, -0.2) is 24.5 Å². The number of nitrogens with one attached hydrogen (secondary N) is 2. The largest absolute Gasteiger partial charge is 0.354 e.